The van der Waals surface area contributed by atoms with E-state index in [2.05, 4.69) is 18.0 Å². The molecule has 4 aliphatic rings. The van der Waals surface area contributed by atoms with Crippen LogP contribution < -0.4 is 8.92 Å². The van der Waals surface area contributed by atoms with Gasteiger partial charge in [0.2, 0.25) is 0 Å². The largest absolute Gasteiger partial charge is 0.504 e. The molecule has 2 heterocycles. The van der Waals surface area contributed by atoms with Crippen LogP contribution in [0.15, 0.2) is 18.2 Å². The van der Waals surface area contributed by atoms with E-state index >= 15 is 0 Å². The van der Waals surface area contributed by atoms with E-state index in [1.807, 2.05) is 0 Å². The van der Waals surface area contributed by atoms with E-state index in [4.69, 9.17) is 8.92 Å². The third-order valence-corrected chi connectivity index (χ3v) is 8.25. The minimum atomic E-state index is -3.74. The number of aliphatic hydroxyl groups is 1. The first kappa shape index (κ1) is 21.0. The van der Waals surface area contributed by atoms with E-state index in [0.29, 0.717) is 18.6 Å². The van der Waals surface area contributed by atoms with Crippen LogP contribution in [-0.2, 0) is 39.0 Å². The second-order valence-electron chi connectivity index (χ2n) is 8.40. The molecule has 2 bridgehead atoms. The Morgan fingerprint density at radius 1 is 1.38 bits per heavy atom. The fourth-order valence-corrected chi connectivity index (χ4v) is 6.80. The Hall–Kier alpha value is -1.25. The van der Waals surface area contributed by atoms with Crippen molar-refractivity contribution in [3.05, 3.63) is 29.3 Å². The zero-order chi connectivity index (χ0) is 19.8. The van der Waals surface area contributed by atoms with Crippen LogP contribution in [0.25, 0.3) is 0 Å². The number of hydrogen-bond acceptors (Lipinski definition) is 7. The number of nitrogens with zero attached hydrogens (tertiary/aromatic N) is 1. The number of rotatable bonds is 4. The molecule has 1 fully saturated rings. The summed E-state index contributed by atoms with van der Waals surface area (Å²) < 4.78 is 36.3. The molecular weight excluding hydrogens is 438 g/mol. The summed E-state index contributed by atoms with van der Waals surface area (Å²) in [7, 11) is -1.67. The molecule has 5 rings (SSSR count). The SMILES string of the molecule is CCCS(=O)(=O)Oc1cc(O)c2c3c1C[C@@H]1[C@@H]4C=C[C@H](O)[C@H](O2)[C@]34CCN1C.[Fe]. The third-order valence-electron chi connectivity index (χ3n) is 6.91. The Labute approximate surface area is 181 Å². The number of phenols is 1. The number of likely N-dealkylation sites (N-methyl/N-ethyl adjacent to an activating group) is 1. The Morgan fingerprint density at radius 2 is 2.14 bits per heavy atom. The summed E-state index contributed by atoms with van der Waals surface area (Å²) in [6, 6.07) is 1.51. The minimum Gasteiger partial charge on any atom is -0.504 e. The van der Waals surface area contributed by atoms with Crippen molar-refractivity contribution in [2.24, 2.45) is 5.92 Å². The molecule has 2 aliphatic heterocycles. The summed E-state index contributed by atoms with van der Waals surface area (Å²) in [6.07, 6.45) is 4.43. The van der Waals surface area contributed by atoms with Crippen LogP contribution in [0.4, 0.5) is 0 Å². The Morgan fingerprint density at radius 3 is 2.86 bits per heavy atom. The van der Waals surface area contributed by atoms with Crippen LogP contribution >= 0.6 is 0 Å². The van der Waals surface area contributed by atoms with Crippen LogP contribution in [0.3, 0.4) is 0 Å². The van der Waals surface area contributed by atoms with Crippen molar-refractivity contribution >= 4 is 10.1 Å². The first-order valence-electron chi connectivity index (χ1n) is 9.83. The molecule has 5 atom stereocenters. The van der Waals surface area contributed by atoms with E-state index in [-0.39, 0.29) is 46.3 Å². The number of hydrogen-bond donors (Lipinski definition) is 2. The molecule has 160 valence electrons. The zero-order valence-corrected chi connectivity index (χ0v) is 18.2. The normalized spacial score (nSPS) is 34.2. The molecule has 7 nitrogen and oxygen atoms in total. The van der Waals surface area contributed by atoms with Crippen LogP contribution in [0.2, 0.25) is 0 Å². The van der Waals surface area contributed by atoms with Crippen LogP contribution in [0.1, 0.15) is 30.9 Å². The summed E-state index contributed by atoms with van der Waals surface area (Å²) in [6.45, 7) is 2.63. The quantitative estimate of drug-likeness (QED) is 0.395. The second kappa shape index (κ2) is 6.89. The number of ether oxygens (including phenoxy) is 1. The molecule has 0 amide bonds. The zero-order valence-electron chi connectivity index (χ0n) is 16.3. The van der Waals surface area contributed by atoms with E-state index in [9.17, 15) is 18.6 Å². The maximum Gasteiger partial charge on any atom is 0.309 e. The number of phenolic OH excluding ortho intramolecular Hbond substituents is 1. The molecule has 2 aliphatic carbocycles. The number of benzene rings is 1. The predicted octanol–water partition coefficient (Wildman–Crippen LogP) is 1.31. The number of piperidine rings is 1. The fourth-order valence-electron chi connectivity index (χ4n) is 5.79. The van der Waals surface area contributed by atoms with Gasteiger partial charge in [-0.1, -0.05) is 19.1 Å². The van der Waals surface area contributed by atoms with E-state index in [0.717, 1.165) is 24.1 Å². The van der Waals surface area contributed by atoms with Crippen LogP contribution in [-0.4, -0.2) is 61.1 Å². The van der Waals surface area contributed by atoms with Crippen molar-refractivity contribution in [1.82, 2.24) is 4.90 Å². The van der Waals surface area contributed by atoms with Crippen molar-refractivity contribution in [3.63, 3.8) is 0 Å². The van der Waals surface area contributed by atoms with Gasteiger partial charge in [-0.25, -0.2) is 0 Å². The number of aliphatic hydroxyl groups excluding tert-OH is 1. The molecule has 0 saturated carbocycles. The molecule has 0 aromatic heterocycles. The van der Waals surface area contributed by atoms with Gasteiger partial charge >= 0.3 is 10.1 Å². The molecule has 1 saturated heterocycles. The van der Waals surface area contributed by atoms with Gasteiger partial charge in [-0.15, -0.1) is 0 Å². The van der Waals surface area contributed by atoms with E-state index in [1.54, 1.807) is 13.0 Å². The van der Waals surface area contributed by atoms with Gasteiger partial charge in [0, 0.05) is 51.6 Å². The van der Waals surface area contributed by atoms with Gasteiger partial charge in [0.05, 0.1) is 5.75 Å². The van der Waals surface area contributed by atoms with Crippen molar-refractivity contribution in [1.29, 1.82) is 0 Å². The molecule has 0 unspecified atom stereocenters. The maximum absolute atomic E-state index is 12.3. The van der Waals surface area contributed by atoms with Crippen molar-refractivity contribution in [3.8, 4) is 17.2 Å². The minimum absolute atomic E-state index is 0. The van der Waals surface area contributed by atoms with E-state index < -0.39 is 27.7 Å². The molecule has 1 aromatic carbocycles. The van der Waals surface area contributed by atoms with Gasteiger partial charge in [0.25, 0.3) is 0 Å². The standard InChI is InChI=1S/C20H25NO6S.Fe/c1-3-8-28(24,25)27-16-10-15(23)18-17-11(16)9-13-12-4-5-14(22)19(26-18)20(12,17)6-7-21(13)2;/h4-5,10,12-14,19,22-23H,3,6-9H2,1-2H3;/t12-,13+,14-,19-,20-;/m0./s1. The second-order valence-corrected chi connectivity index (χ2v) is 10.1. The third kappa shape index (κ3) is 2.78. The molecule has 1 spiro atoms. The van der Waals surface area contributed by atoms with Gasteiger partial charge in [-0.3, -0.25) is 0 Å². The first-order valence-corrected chi connectivity index (χ1v) is 11.4. The summed E-state index contributed by atoms with van der Waals surface area (Å²) in [4.78, 5) is 2.28. The summed E-state index contributed by atoms with van der Waals surface area (Å²) in [5.41, 5.74) is 1.14. The average molecular weight is 463 g/mol. The van der Waals surface area contributed by atoms with Gasteiger partial charge in [-0.05, 0) is 32.9 Å². The van der Waals surface area contributed by atoms with Crippen LogP contribution in [0, 0.1) is 5.92 Å². The Balaban J connectivity index is 0.00000205. The van der Waals surface area contributed by atoms with Gasteiger partial charge in [0.1, 0.15) is 18.0 Å². The van der Waals surface area contributed by atoms with Crippen molar-refractivity contribution < 1.29 is 44.6 Å². The molecule has 0 radical (unpaired) electrons. The molecule has 9 heteroatoms. The van der Waals surface area contributed by atoms with Gasteiger partial charge in [-0.2, -0.15) is 8.42 Å². The van der Waals surface area contributed by atoms with Crippen molar-refractivity contribution in [2.75, 3.05) is 19.3 Å². The fraction of sp³-hybridized carbons (Fsp3) is 0.600. The topological polar surface area (TPSA) is 96.3 Å². The summed E-state index contributed by atoms with van der Waals surface area (Å²) in [5, 5.41) is 21.3. The molecular formula is C20H25FeNO6S. The maximum atomic E-state index is 12.3. The number of aromatic hydroxyl groups is 1. The summed E-state index contributed by atoms with van der Waals surface area (Å²) >= 11 is 0. The van der Waals surface area contributed by atoms with Gasteiger partial charge < -0.3 is 24.0 Å². The van der Waals surface area contributed by atoms with Crippen LogP contribution in [0.5, 0.6) is 17.2 Å². The smallest absolute Gasteiger partial charge is 0.309 e. The Kier molecular flexibility index (Phi) is 4.99. The Bertz CT molecular complexity index is 980. The predicted molar refractivity (Wildman–Crippen MR) is 102 cm³/mol. The molecule has 29 heavy (non-hydrogen) atoms. The van der Waals surface area contributed by atoms with E-state index in [1.165, 1.54) is 6.07 Å². The van der Waals surface area contributed by atoms with Crippen molar-refractivity contribution in [2.45, 2.75) is 49.9 Å². The summed E-state index contributed by atoms with van der Waals surface area (Å²) in [5.74, 6) is 0.483. The first-order chi connectivity index (χ1) is 13.3. The average Bonchev–Trinajstić information content (AvgIpc) is 2.97. The molecule has 1 aromatic rings. The monoisotopic (exact) mass is 463 g/mol. The number of likely N-dealkylation sites (tertiary alicyclic amines) is 1. The van der Waals surface area contributed by atoms with Gasteiger partial charge in [0.15, 0.2) is 11.5 Å². The molecule has 2 N–H and O–H groups in total.